The second kappa shape index (κ2) is 3.34. The molecule has 2 heteroatoms. The van der Waals surface area contributed by atoms with E-state index in [1.165, 1.54) is 24.0 Å². The van der Waals surface area contributed by atoms with E-state index in [1.807, 2.05) is 6.92 Å². The van der Waals surface area contributed by atoms with Gasteiger partial charge in [-0.15, -0.1) is 0 Å². The van der Waals surface area contributed by atoms with Gasteiger partial charge in [0.15, 0.2) is 0 Å². The van der Waals surface area contributed by atoms with Gasteiger partial charge >= 0.3 is 0 Å². The lowest BCUT2D eigenvalue weighted by Crippen LogP contribution is -2.35. The summed E-state index contributed by atoms with van der Waals surface area (Å²) in [7, 11) is 0. The number of allylic oxidation sites excluding steroid dienone is 3. The molecule has 0 aromatic carbocycles. The second-order valence-corrected chi connectivity index (χ2v) is 5.89. The van der Waals surface area contributed by atoms with Crippen molar-refractivity contribution in [2.24, 2.45) is 11.3 Å². The fraction of sp³-hybridized carbons (Fsp3) is 0.533. The maximum atomic E-state index is 11.7. The van der Waals surface area contributed by atoms with Gasteiger partial charge in [-0.05, 0) is 49.5 Å². The molecule has 0 unspecified atom stereocenters. The minimum atomic E-state index is 0.0825. The Kier molecular flexibility index (Phi) is 2.13. The van der Waals surface area contributed by atoms with Crippen molar-refractivity contribution in [1.82, 2.24) is 5.32 Å². The fourth-order valence-electron chi connectivity index (χ4n) is 3.61. The van der Waals surface area contributed by atoms with Crippen LogP contribution in [0.1, 0.15) is 39.5 Å². The molecule has 1 amide bonds. The van der Waals surface area contributed by atoms with Crippen molar-refractivity contribution in [3.63, 3.8) is 0 Å². The number of hydrogen-bond donors (Lipinski definition) is 1. The van der Waals surface area contributed by atoms with Crippen molar-refractivity contribution in [3.05, 3.63) is 35.1 Å². The molecule has 0 spiro atoms. The van der Waals surface area contributed by atoms with Crippen LogP contribution in [-0.4, -0.2) is 5.91 Å². The van der Waals surface area contributed by atoms with Crippen LogP contribution in [-0.2, 0) is 4.79 Å². The lowest BCUT2D eigenvalue weighted by Gasteiger charge is -2.44. The number of amides is 1. The molecule has 2 atom stereocenters. The molecule has 1 fully saturated rings. The van der Waals surface area contributed by atoms with Crippen LogP contribution in [0, 0.1) is 11.3 Å². The summed E-state index contributed by atoms with van der Waals surface area (Å²) in [4.78, 5) is 11.7. The first-order valence-electron chi connectivity index (χ1n) is 6.43. The molecule has 1 aliphatic heterocycles. The van der Waals surface area contributed by atoms with Gasteiger partial charge in [0.05, 0.1) is 0 Å². The van der Waals surface area contributed by atoms with Gasteiger partial charge in [-0.3, -0.25) is 4.79 Å². The molecule has 1 heterocycles. The van der Waals surface area contributed by atoms with Gasteiger partial charge < -0.3 is 5.32 Å². The summed E-state index contributed by atoms with van der Waals surface area (Å²) in [5, 5.41) is 3.00. The average molecular weight is 229 g/mol. The van der Waals surface area contributed by atoms with Crippen molar-refractivity contribution in [2.45, 2.75) is 39.5 Å². The van der Waals surface area contributed by atoms with Gasteiger partial charge in [-0.25, -0.2) is 0 Å². The van der Waals surface area contributed by atoms with Gasteiger partial charge in [0.2, 0.25) is 0 Å². The molecule has 0 saturated heterocycles. The van der Waals surface area contributed by atoms with Crippen molar-refractivity contribution in [1.29, 1.82) is 0 Å². The molecule has 2 nitrogen and oxygen atoms in total. The zero-order chi connectivity index (χ0) is 12.2. The molecule has 2 aliphatic carbocycles. The number of carbonyl (C=O) groups excluding carboxylic acids is 1. The molecule has 0 radical (unpaired) electrons. The Morgan fingerprint density at radius 3 is 3.06 bits per heavy atom. The minimum absolute atomic E-state index is 0.0825. The molecule has 1 saturated carbocycles. The van der Waals surface area contributed by atoms with Crippen molar-refractivity contribution < 1.29 is 4.79 Å². The van der Waals surface area contributed by atoms with Gasteiger partial charge in [0.1, 0.15) is 0 Å². The van der Waals surface area contributed by atoms with E-state index in [4.69, 9.17) is 0 Å². The third-order valence-corrected chi connectivity index (χ3v) is 4.75. The van der Waals surface area contributed by atoms with Gasteiger partial charge in [0, 0.05) is 11.3 Å². The van der Waals surface area contributed by atoms with E-state index < -0.39 is 0 Å². The Morgan fingerprint density at radius 2 is 2.29 bits per heavy atom. The fourth-order valence-corrected chi connectivity index (χ4v) is 3.61. The highest BCUT2D eigenvalue weighted by Crippen LogP contribution is 2.52. The van der Waals surface area contributed by atoms with Crippen molar-refractivity contribution >= 4 is 5.91 Å². The second-order valence-electron chi connectivity index (χ2n) is 5.89. The predicted octanol–water partition coefficient (Wildman–Crippen LogP) is 3.08. The highest BCUT2D eigenvalue weighted by molar-refractivity contribution is 5.99. The van der Waals surface area contributed by atoms with Crippen molar-refractivity contribution in [3.8, 4) is 0 Å². The van der Waals surface area contributed by atoms with Gasteiger partial charge in [0.25, 0.3) is 5.91 Å². The standard InChI is InChI=1S/C15H19NO/c1-9-5-4-6-15(3)8-13-11(7-12(9)15)10(2)14(17)16-13/h8,12H,1,4-7H2,2-3H3,(H,16,17)/t12-,15+/m0/s1. The number of fused-ring (bicyclic) bond motifs is 2. The Balaban J connectivity index is 2.09. The summed E-state index contributed by atoms with van der Waals surface area (Å²) in [6.07, 6.45) is 6.86. The third kappa shape index (κ3) is 1.43. The highest BCUT2D eigenvalue weighted by Gasteiger charge is 2.43. The normalized spacial score (nSPS) is 36.4. The van der Waals surface area contributed by atoms with Crippen LogP contribution in [0.2, 0.25) is 0 Å². The van der Waals surface area contributed by atoms with Crippen molar-refractivity contribution in [2.75, 3.05) is 0 Å². The van der Waals surface area contributed by atoms with E-state index in [0.29, 0.717) is 5.92 Å². The number of carbonyl (C=O) groups is 1. The first-order valence-corrected chi connectivity index (χ1v) is 6.43. The quantitative estimate of drug-likeness (QED) is 0.635. The van der Waals surface area contributed by atoms with E-state index in [9.17, 15) is 4.79 Å². The lowest BCUT2D eigenvalue weighted by atomic mass is 9.60. The van der Waals surface area contributed by atoms with E-state index in [1.54, 1.807) is 0 Å². The summed E-state index contributed by atoms with van der Waals surface area (Å²) in [5.41, 5.74) is 4.76. The monoisotopic (exact) mass is 229 g/mol. The average Bonchev–Trinajstić information content (AvgIpc) is 2.52. The maximum absolute atomic E-state index is 11.7. The third-order valence-electron chi connectivity index (χ3n) is 4.75. The Hall–Kier alpha value is -1.31. The Morgan fingerprint density at radius 1 is 1.53 bits per heavy atom. The smallest absolute Gasteiger partial charge is 0.251 e. The summed E-state index contributed by atoms with van der Waals surface area (Å²) >= 11 is 0. The molecule has 3 aliphatic rings. The number of nitrogens with one attached hydrogen (secondary N) is 1. The molecule has 0 aromatic heterocycles. The summed E-state index contributed by atoms with van der Waals surface area (Å²) in [5.74, 6) is 0.608. The predicted molar refractivity (Wildman–Crippen MR) is 68.1 cm³/mol. The van der Waals surface area contributed by atoms with E-state index in [2.05, 4.69) is 24.9 Å². The topological polar surface area (TPSA) is 29.1 Å². The SMILES string of the molecule is C=C1CCC[C@]2(C)C=C3NC(=O)C(C)=C3C[C@@H]12. The van der Waals surface area contributed by atoms with Gasteiger partial charge in [-0.2, -0.15) is 0 Å². The molecular formula is C15H19NO. The molecule has 90 valence electrons. The zero-order valence-corrected chi connectivity index (χ0v) is 10.6. The molecule has 1 N–H and O–H groups in total. The van der Waals surface area contributed by atoms with E-state index in [0.717, 1.165) is 24.1 Å². The molecular weight excluding hydrogens is 210 g/mol. The molecule has 0 aromatic rings. The summed E-state index contributed by atoms with van der Waals surface area (Å²) < 4.78 is 0. The molecule has 17 heavy (non-hydrogen) atoms. The van der Waals surface area contributed by atoms with E-state index >= 15 is 0 Å². The van der Waals surface area contributed by atoms with Crippen LogP contribution in [0.15, 0.2) is 35.1 Å². The summed E-state index contributed by atoms with van der Waals surface area (Å²) in [6, 6.07) is 0. The Bertz CT molecular complexity index is 483. The van der Waals surface area contributed by atoms with Crippen LogP contribution < -0.4 is 5.32 Å². The maximum Gasteiger partial charge on any atom is 0.251 e. The Labute approximate surface area is 102 Å². The zero-order valence-electron chi connectivity index (χ0n) is 10.6. The van der Waals surface area contributed by atoms with E-state index in [-0.39, 0.29) is 11.3 Å². The van der Waals surface area contributed by atoms with Crippen LogP contribution in [0.5, 0.6) is 0 Å². The number of hydrogen-bond acceptors (Lipinski definition) is 1. The van der Waals surface area contributed by atoms with Gasteiger partial charge in [-0.1, -0.05) is 25.2 Å². The lowest BCUT2D eigenvalue weighted by molar-refractivity contribution is -0.116. The highest BCUT2D eigenvalue weighted by atomic mass is 16.1. The van der Waals surface area contributed by atoms with Crippen LogP contribution in [0.3, 0.4) is 0 Å². The first-order chi connectivity index (χ1) is 8.01. The minimum Gasteiger partial charge on any atom is -0.322 e. The van der Waals surface area contributed by atoms with Crippen LogP contribution in [0.25, 0.3) is 0 Å². The number of rotatable bonds is 0. The summed E-state index contributed by atoms with van der Waals surface area (Å²) in [6.45, 7) is 8.49. The molecule has 0 bridgehead atoms. The first kappa shape index (κ1) is 10.8. The molecule has 3 rings (SSSR count). The van der Waals surface area contributed by atoms with Crippen LogP contribution in [0.4, 0.5) is 0 Å². The largest absolute Gasteiger partial charge is 0.322 e. The van der Waals surface area contributed by atoms with Crippen LogP contribution >= 0.6 is 0 Å².